The summed E-state index contributed by atoms with van der Waals surface area (Å²) in [6.07, 6.45) is 8.40. The number of carbonyl (C=O) groups excluding carboxylic acids is 1. The van der Waals surface area contributed by atoms with Crippen LogP contribution in [-0.4, -0.2) is 34.6 Å². The Morgan fingerprint density at radius 3 is 2.88 bits per heavy atom. The lowest BCUT2D eigenvalue weighted by Gasteiger charge is -2.07. The smallest absolute Gasteiger partial charge is 0.350 e. The molecular formula is C17H15N7O2. The summed E-state index contributed by atoms with van der Waals surface area (Å²) in [4.78, 5) is 32.6. The van der Waals surface area contributed by atoms with E-state index < -0.39 is 0 Å². The van der Waals surface area contributed by atoms with Gasteiger partial charge < -0.3 is 5.32 Å². The Bertz CT molecular complexity index is 1110. The van der Waals surface area contributed by atoms with E-state index in [-0.39, 0.29) is 18.1 Å². The quantitative estimate of drug-likeness (QED) is 0.562. The number of fused-ring (bicyclic) bond motifs is 1. The summed E-state index contributed by atoms with van der Waals surface area (Å²) in [7, 11) is 0. The van der Waals surface area contributed by atoms with Crippen LogP contribution in [0.5, 0.6) is 0 Å². The van der Waals surface area contributed by atoms with Gasteiger partial charge in [-0.25, -0.2) is 19.4 Å². The molecule has 0 radical (unpaired) electrons. The zero-order chi connectivity index (χ0) is 17.9. The van der Waals surface area contributed by atoms with Gasteiger partial charge in [0.1, 0.15) is 18.7 Å². The maximum atomic E-state index is 12.2. The summed E-state index contributed by atoms with van der Waals surface area (Å²) >= 11 is 0. The van der Waals surface area contributed by atoms with Gasteiger partial charge >= 0.3 is 5.69 Å². The molecule has 130 valence electrons. The van der Waals surface area contributed by atoms with Crippen molar-refractivity contribution in [3.05, 3.63) is 77.5 Å². The molecule has 0 saturated carbocycles. The first-order valence-corrected chi connectivity index (χ1v) is 7.95. The summed E-state index contributed by atoms with van der Waals surface area (Å²) in [5.41, 5.74) is 1.05. The molecule has 0 aliphatic rings. The predicted molar refractivity (Wildman–Crippen MR) is 92.7 cm³/mol. The number of rotatable bonds is 5. The standard InChI is InChI=1S/C17H15N7O2/c25-16(11-24-17(26)23-7-2-1-3-14(23)21-24)20-10-13-4-5-19-15(9-13)22-8-6-18-12-22/h1-9,12H,10-11H2,(H,20,25). The number of imidazole rings is 1. The maximum Gasteiger partial charge on any atom is 0.350 e. The molecule has 1 N–H and O–H groups in total. The van der Waals surface area contributed by atoms with Gasteiger partial charge in [0.15, 0.2) is 5.65 Å². The molecular weight excluding hydrogens is 334 g/mol. The lowest BCUT2D eigenvalue weighted by atomic mass is 10.2. The van der Waals surface area contributed by atoms with Crippen LogP contribution in [0.4, 0.5) is 0 Å². The molecule has 26 heavy (non-hydrogen) atoms. The van der Waals surface area contributed by atoms with Crippen LogP contribution in [0.2, 0.25) is 0 Å². The van der Waals surface area contributed by atoms with Crippen LogP contribution in [0, 0.1) is 0 Å². The largest absolute Gasteiger partial charge is 0.350 e. The number of amides is 1. The Labute approximate surface area is 147 Å². The van der Waals surface area contributed by atoms with Gasteiger partial charge in [-0.05, 0) is 29.8 Å². The molecule has 9 heteroatoms. The number of hydrogen-bond acceptors (Lipinski definition) is 5. The topological polar surface area (TPSA) is 99.1 Å². The van der Waals surface area contributed by atoms with E-state index in [4.69, 9.17) is 0 Å². The molecule has 0 aromatic carbocycles. The minimum absolute atomic E-state index is 0.139. The van der Waals surface area contributed by atoms with Gasteiger partial charge in [-0.1, -0.05) is 6.07 Å². The number of hydrogen-bond donors (Lipinski definition) is 1. The van der Waals surface area contributed by atoms with Gasteiger partial charge in [0, 0.05) is 31.3 Å². The zero-order valence-corrected chi connectivity index (χ0v) is 13.7. The summed E-state index contributed by atoms with van der Waals surface area (Å²) in [6, 6.07) is 8.91. The molecule has 4 rings (SSSR count). The molecule has 0 saturated heterocycles. The van der Waals surface area contributed by atoms with Crippen molar-refractivity contribution in [1.29, 1.82) is 0 Å². The van der Waals surface area contributed by atoms with Crippen LogP contribution in [0.25, 0.3) is 11.5 Å². The molecule has 0 bridgehead atoms. The molecule has 4 heterocycles. The van der Waals surface area contributed by atoms with E-state index in [1.165, 1.54) is 4.40 Å². The fourth-order valence-electron chi connectivity index (χ4n) is 2.57. The Hall–Kier alpha value is -3.75. The summed E-state index contributed by atoms with van der Waals surface area (Å²) in [6.45, 7) is 0.186. The molecule has 1 amide bonds. The van der Waals surface area contributed by atoms with Gasteiger partial charge in [-0.2, -0.15) is 0 Å². The van der Waals surface area contributed by atoms with Crippen molar-refractivity contribution < 1.29 is 4.79 Å². The highest BCUT2D eigenvalue weighted by atomic mass is 16.2. The van der Waals surface area contributed by atoms with E-state index in [0.29, 0.717) is 18.0 Å². The Morgan fingerprint density at radius 1 is 1.15 bits per heavy atom. The Morgan fingerprint density at radius 2 is 2.08 bits per heavy atom. The summed E-state index contributed by atoms with van der Waals surface area (Å²) in [5.74, 6) is 0.419. The van der Waals surface area contributed by atoms with Crippen LogP contribution in [0.1, 0.15) is 5.56 Å². The average molecular weight is 349 g/mol. The SMILES string of the molecule is O=C(Cn1nc2ccccn2c1=O)NCc1ccnc(-n2ccnc2)c1. The first kappa shape index (κ1) is 15.8. The fourth-order valence-corrected chi connectivity index (χ4v) is 2.57. The van der Waals surface area contributed by atoms with Crippen molar-refractivity contribution in [2.45, 2.75) is 13.1 Å². The van der Waals surface area contributed by atoms with Crippen molar-refractivity contribution in [3.8, 4) is 5.82 Å². The van der Waals surface area contributed by atoms with E-state index in [0.717, 1.165) is 10.2 Å². The molecule has 0 atom stereocenters. The van der Waals surface area contributed by atoms with Crippen LogP contribution in [0.15, 0.2) is 66.2 Å². The molecule has 0 spiro atoms. The summed E-state index contributed by atoms with van der Waals surface area (Å²) in [5, 5.41) is 6.93. The van der Waals surface area contributed by atoms with Crippen molar-refractivity contribution >= 4 is 11.6 Å². The summed E-state index contributed by atoms with van der Waals surface area (Å²) < 4.78 is 4.32. The van der Waals surface area contributed by atoms with Gasteiger partial charge in [0.2, 0.25) is 5.91 Å². The van der Waals surface area contributed by atoms with Crippen LogP contribution in [-0.2, 0) is 17.9 Å². The molecule has 4 aromatic rings. The number of carbonyl (C=O) groups is 1. The highest BCUT2D eigenvalue weighted by Gasteiger charge is 2.10. The Kier molecular flexibility index (Phi) is 4.02. The Balaban J connectivity index is 1.43. The number of pyridine rings is 2. The monoisotopic (exact) mass is 349 g/mol. The number of nitrogens with one attached hydrogen (secondary N) is 1. The van der Waals surface area contributed by atoms with Crippen molar-refractivity contribution in [2.24, 2.45) is 0 Å². The normalized spacial score (nSPS) is 10.9. The number of aromatic nitrogens is 6. The van der Waals surface area contributed by atoms with E-state index in [9.17, 15) is 9.59 Å². The lowest BCUT2D eigenvalue weighted by molar-refractivity contribution is -0.122. The lowest BCUT2D eigenvalue weighted by Crippen LogP contribution is -2.32. The van der Waals surface area contributed by atoms with Crippen molar-refractivity contribution in [3.63, 3.8) is 0 Å². The van der Waals surface area contributed by atoms with Crippen molar-refractivity contribution in [2.75, 3.05) is 0 Å². The van der Waals surface area contributed by atoms with Crippen LogP contribution < -0.4 is 11.0 Å². The van der Waals surface area contributed by atoms with Gasteiger partial charge in [-0.15, -0.1) is 5.10 Å². The third kappa shape index (κ3) is 3.09. The van der Waals surface area contributed by atoms with E-state index in [1.807, 2.05) is 12.1 Å². The minimum Gasteiger partial charge on any atom is -0.350 e. The van der Waals surface area contributed by atoms with Crippen LogP contribution in [0.3, 0.4) is 0 Å². The van der Waals surface area contributed by atoms with Gasteiger partial charge in [0.05, 0.1) is 0 Å². The molecule has 0 fully saturated rings. The highest BCUT2D eigenvalue weighted by Crippen LogP contribution is 2.06. The predicted octanol–water partition coefficient (Wildman–Crippen LogP) is 0.393. The first-order chi connectivity index (χ1) is 12.7. The maximum absolute atomic E-state index is 12.2. The third-order valence-corrected chi connectivity index (χ3v) is 3.85. The van der Waals surface area contributed by atoms with E-state index >= 15 is 0 Å². The molecule has 0 aliphatic carbocycles. The second-order valence-corrected chi connectivity index (χ2v) is 5.64. The molecule has 0 aliphatic heterocycles. The third-order valence-electron chi connectivity index (χ3n) is 3.85. The van der Waals surface area contributed by atoms with Gasteiger partial charge in [-0.3, -0.25) is 13.8 Å². The highest BCUT2D eigenvalue weighted by molar-refractivity contribution is 5.75. The minimum atomic E-state index is -0.345. The zero-order valence-electron chi connectivity index (χ0n) is 13.7. The second-order valence-electron chi connectivity index (χ2n) is 5.64. The van der Waals surface area contributed by atoms with Crippen molar-refractivity contribution in [1.82, 2.24) is 34.0 Å². The second kappa shape index (κ2) is 6.63. The van der Waals surface area contributed by atoms with Gasteiger partial charge in [0.25, 0.3) is 0 Å². The first-order valence-electron chi connectivity index (χ1n) is 7.95. The molecule has 0 unspecified atom stereocenters. The molecule has 4 aromatic heterocycles. The fraction of sp³-hybridized carbons (Fsp3) is 0.118. The number of nitrogens with zero attached hydrogens (tertiary/aromatic N) is 6. The average Bonchev–Trinajstić information content (AvgIpc) is 3.30. The van der Waals surface area contributed by atoms with E-state index in [1.54, 1.807) is 53.9 Å². The van der Waals surface area contributed by atoms with E-state index in [2.05, 4.69) is 20.4 Å². The van der Waals surface area contributed by atoms with Crippen LogP contribution >= 0.6 is 0 Å². The molecule has 9 nitrogen and oxygen atoms in total.